The van der Waals surface area contributed by atoms with Crippen molar-refractivity contribution in [3.8, 4) is 0 Å². The topological polar surface area (TPSA) is 83.5 Å². The highest BCUT2D eigenvalue weighted by Crippen LogP contribution is 2.11. The minimum absolute atomic E-state index is 0.0508. The predicted molar refractivity (Wildman–Crippen MR) is 87.5 cm³/mol. The van der Waals surface area contributed by atoms with E-state index in [0.29, 0.717) is 13.1 Å². The van der Waals surface area contributed by atoms with Gasteiger partial charge in [0.15, 0.2) is 0 Å². The van der Waals surface area contributed by atoms with Crippen molar-refractivity contribution in [3.05, 3.63) is 0 Å². The van der Waals surface area contributed by atoms with E-state index in [9.17, 15) is 19.8 Å². The molecule has 0 rings (SSSR count). The molecule has 0 bridgehead atoms. The van der Waals surface area contributed by atoms with Crippen molar-refractivity contribution in [3.63, 3.8) is 0 Å². The van der Waals surface area contributed by atoms with E-state index >= 15 is 0 Å². The molecular formula is C18H33NO4-2. The Bertz CT molecular complexity index is 289. The van der Waals surface area contributed by atoms with Crippen LogP contribution >= 0.6 is 0 Å². The molecule has 0 aromatic heterocycles. The molecular weight excluding hydrogens is 294 g/mol. The van der Waals surface area contributed by atoms with Gasteiger partial charge < -0.3 is 24.7 Å². The van der Waals surface area contributed by atoms with E-state index in [1.165, 1.54) is 51.4 Å². The van der Waals surface area contributed by atoms with Crippen LogP contribution in [0.2, 0.25) is 0 Å². The second kappa shape index (κ2) is 15.8. The smallest absolute Gasteiger partial charge is 0.0427 e. The van der Waals surface area contributed by atoms with Crippen molar-refractivity contribution in [1.29, 1.82) is 0 Å². The Morgan fingerprint density at radius 2 is 1.04 bits per heavy atom. The molecule has 0 atom stereocenters. The van der Waals surface area contributed by atoms with E-state index in [0.717, 1.165) is 19.4 Å². The SMILES string of the molecule is CCCCCCCCCCCCN(CCC(=O)[O-])CCC(=O)[O-]. The van der Waals surface area contributed by atoms with E-state index in [2.05, 4.69) is 6.92 Å². The first kappa shape index (κ1) is 21.9. The Labute approximate surface area is 141 Å². The van der Waals surface area contributed by atoms with Gasteiger partial charge in [-0.2, -0.15) is 0 Å². The summed E-state index contributed by atoms with van der Waals surface area (Å²) in [6, 6.07) is 0. The molecule has 0 N–H and O–H groups in total. The number of carbonyl (C=O) groups excluding carboxylic acids is 2. The molecule has 5 heteroatoms. The number of carboxylic acids is 2. The van der Waals surface area contributed by atoms with Gasteiger partial charge in [0.25, 0.3) is 0 Å². The van der Waals surface area contributed by atoms with E-state index in [4.69, 9.17) is 0 Å². The fourth-order valence-corrected chi connectivity index (χ4v) is 2.66. The molecule has 0 amide bonds. The van der Waals surface area contributed by atoms with Crippen LogP contribution in [0.15, 0.2) is 0 Å². The Kier molecular flexibility index (Phi) is 15.0. The zero-order valence-corrected chi connectivity index (χ0v) is 14.7. The summed E-state index contributed by atoms with van der Waals surface area (Å²) in [4.78, 5) is 22.9. The first-order chi connectivity index (χ1) is 11.1. The first-order valence-corrected chi connectivity index (χ1v) is 9.18. The van der Waals surface area contributed by atoms with Crippen LogP contribution < -0.4 is 10.2 Å². The second-order valence-corrected chi connectivity index (χ2v) is 6.27. The maximum atomic E-state index is 10.5. The molecule has 0 unspecified atom stereocenters. The average Bonchev–Trinajstić information content (AvgIpc) is 2.50. The van der Waals surface area contributed by atoms with Crippen molar-refractivity contribution in [1.82, 2.24) is 4.90 Å². The summed E-state index contributed by atoms with van der Waals surface area (Å²) < 4.78 is 0. The van der Waals surface area contributed by atoms with Crippen LogP contribution in [0.25, 0.3) is 0 Å². The fraction of sp³-hybridized carbons (Fsp3) is 0.889. The quantitative estimate of drug-likeness (QED) is 0.378. The molecule has 23 heavy (non-hydrogen) atoms. The molecule has 0 fully saturated rings. The van der Waals surface area contributed by atoms with Gasteiger partial charge in [0.05, 0.1) is 0 Å². The van der Waals surface area contributed by atoms with Gasteiger partial charge in [-0.05, 0) is 25.8 Å². The number of rotatable bonds is 17. The van der Waals surface area contributed by atoms with Crippen LogP contribution in [0, 0.1) is 0 Å². The summed E-state index contributed by atoms with van der Waals surface area (Å²) in [7, 11) is 0. The lowest BCUT2D eigenvalue weighted by atomic mass is 10.1. The van der Waals surface area contributed by atoms with Crippen LogP contribution in [0.5, 0.6) is 0 Å². The van der Waals surface area contributed by atoms with E-state index in [1.807, 2.05) is 4.90 Å². The number of carbonyl (C=O) groups is 2. The molecule has 0 aliphatic rings. The standard InChI is InChI=1S/C18H35NO4/c1-2-3-4-5-6-7-8-9-10-11-14-19(15-12-17(20)21)16-13-18(22)23/h2-16H2,1H3,(H,20,21)(H,22,23)/p-2. The highest BCUT2D eigenvalue weighted by atomic mass is 16.4. The Hall–Kier alpha value is -1.10. The highest BCUT2D eigenvalue weighted by Gasteiger charge is 2.05. The fourth-order valence-electron chi connectivity index (χ4n) is 2.66. The molecule has 0 aromatic carbocycles. The molecule has 5 nitrogen and oxygen atoms in total. The van der Waals surface area contributed by atoms with Crippen molar-refractivity contribution in [2.24, 2.45) is 0 Å². The highest BCUT2D eigenvalue weighted by molar-refractivity contribution is 5.65. The van der Waals surface area contributed by atoms with Gasteiger partial charge in [0, 0.05) is 25.0 Å². The zero-order valence-electron chi connectivity index (χ0n) is 14.7. The minimum atomic E-state index is -1.09. The Morgan fingerprint density at radius 3 is 1.43 bits per heavy atom. The molecule has 0 aromatic rings. The van der Waals surface area contributed by atoms with Crippen LogP contribution in [-0.4, -0.2) is 36.5 Å². The lowest BCUT2D eigenvalue weighted by Gasteiger charge is -2.22. The molecule has 0 saturated heterocycles. The van der Waals surface area contributed by atoms with Crippen molar-refractivity contribution >= 4 is 11.9 Å². The van der Waals surface area contributed by atoms with E-state index < -0.39 is 11.9 Å². The maximum absolute atomic E-state index is 10.5. The van der Waals surface area contributed by atoms with Crippen molar-refractivity contribution < 1.29 is 19.8 Å². The number of carboxylic acid groups (broad SMARTS) is 2. The molecule has 0 aliphatic heterocycles. The van der Waals surface area contributed by atoms with Crippen molar-refractivity contribution in [2.45, 2.75) is 84.0 Å². The van der Waals surface area contributed by atoms with Gasteiger partial charge in [-0.25, -0.2) is 0 Å². The molecule has 0 saturated carbocycles. The minimum Gasteiger partial charge on any atom is -0.550 e. The summed E-state index contributed by atoms with van der Waals surface area (Å²) in [6.07, 6.45) is 12.4. The first-order valence-electron chi connectivity index (χ1n) is 9.18. The molecule has 0 radical (unpaired) electrons. The van der Waals surface area contributed by atoms with Gasteiger partial charge in [-0.15, -0.1) is 0 Å². The van der Waals surface area contributed by atoms with Gasteiger partial charge in [0.1, 0.15) is 0 Å². The molecule has 0 spiro atoms. The molecule has 0 aliphatic carbocycles. The predicted octanol–water partition coefficient (Wildman–Crippen LogP) is 1.49. The number of hydrogen-bond acceptors (Lipinski definition) is 5. The lowest BCUT2D eigenvalue weighted by molar-refractivity contribution is -0.306. The van der Waals surface area contributed by atoms with Gasteiger partial charge in [-0.3, -0.25) is 0 Å². The maximum Gasteiger partial charge on any atom is 0.0427 e. The summed E-state index contributed by atoms with van der Waals surface area (Å²) in [5.74, 6) is -2.18. The Morgan fingerprint density at radius 1 is 0.652 bits per heavy atom. The number of aliphatic carboxylic acids is 2. The van der Waals surface area contributed by atoms with Crippen molar-refractivity contribution in [2.75, 3.05) is 19.6 Å². The van der Waals surface area contributed by atoms with Crippen LogP contribution in [-0.2, 0) is 9.59 Å². The number of unbranched alkanes of at least 4 members (excludes halogenated alkanes) is 9. The normalized spacial score (nSPS) is 11.0. The third-order valence-corrected chi connectivity index (χ3v) is 4.09. The summed E-state index contributed by atoms with van der Waals surface area (Å²) >= 11 is 0. The number of hydrogen-bond donors (Lipinski definition) is 0. The van der Waals surface area contributed by atoms with Gasteiger partial charge in [0.2, 0.25) is 0 Å². The van der Waals surface area contributed by atoms with E-state index in [1.54, 1.807) is 0 Å². The lowest BCUT2D eigenvalue weighted by Crippen LogP contribution is -2.35. The zero-order chi connectivity index (χ0) is 17.3. The summed E-state index contributed by atoms with van der Waals surface area (Å²) in [5, 5.41) is 21.0. The summed E-state index contributed by atoms with van der Waals surface area (Å²) in [5.41, 5.74) is 0. The second-order valence-electron chi connectivity index (χ2n) is 6.27. The van der Waals surface area contributed by atoms with Gasteiger partial charge in [-0.1, -0.05) is 64.7 Å². The van der Waals surface area contributed by atoms with Gasteiger partial charge >= 0.3 is 0 Å². The average molecular weight is 327 g/mol. The monoisotopic (exact) mass is 327 g/mol. The third-order valence-electron chi connectivity index (χ3n) is 4.09. The molecule has 0 heterocycles. The Balaban J connectivity index is 3.60. The van der Waals surface area contributed by atoms with E-state index in [-0.39, 0.29) is 12.8 Å². The van der Waals surface area contributed by atoms with Crippen LogP contribution in [0.1, 0.15) is 84.0 Å². The van der Waals surface area contributed by atoms with Crippen LogP contribution in [0.3, 0.4) is 0 Å². The van der Waals surface area contributed by atoms with Crippen LogP contribution in [0.4, 0.5) is 0 Å². The largest absolute Gasteiger partial charge is 0.550 e. The molecule has 136 valence electrons. The third kappa shape index (κ3) is 17.1. The summed E-state index contributed by atoms with van der Waals surface area (Å²) in [6.45, 7) is 3.68. The number of nitrogens with zero attached hydrogens (tertiary/aromatic N) is 1.